The van der Waals surface area contributed by atoms with Gasteiger partial charge in [0.05, 0.1) is 11.1 Å². The van der Waals surface area contributed by atoms with Crippen molar-refractivity contribution in [2.75, 3.05) is 13.2 Å². The Morgan fingerprint density at radius 3 is 2.65 bits per heavy atom. The van der Waals surface area contributed by atoms with Crippen molar-refractivity contribution in [1.82, 2.24) is 9.97 Å². The Labute approximate surface area is 110 Å². The molecule has 0 aliphatic rings. The van der Waals surface area contributed by atoms with E-state index in [2.05, 4.69) is 30.6 Å². The minimum atomic E-state index is -4.30. The number of hydrogen-bond donors (Lipinski definition) is 1. The van der Waals surface area contributed by atoms with E-state index in [0.29, 0.717) is 14.9 Å². The number of nitrogens with zero attached hydrogens (tertiary/aromatic N) is 1. The summed E-state index contributed by atoms with van der Waals surface area (Å²) in [6.07, 6.45) is -4.04. The van der Waals surface area contributed by atoms with Gasteiger partial charge < -0.3 is 9.72 Å². The quantitative estimate of drug-likeness (QED) is 0.679. The van der Waals surface area contributed by atoms with Gasteiger partial charge in [0.25, 0.3) is 0 Å². The summed E-state index contributed by atoms with van der Waals surface area (Å²) in [5.41, 5.74) is 0.788. The maximum Gasteiger partial charge on any atom is 0.411 e. The molecule has 0 amide bonds. The molecule has 1 rings (SSSR count). The molecule has 0 bridgehead atoms. The van der Waals surface area contributed by atoms with Gasteiger partial charge in [-0.25, -0.2) is 4.98 Å². The van der Waals surface area contributed by atoms with Crippen LogP contribution in [0.5, 0.6) is 0 Å². The fourth-order valence-electron chi connectivity index (χ4n) is 1.11. The zero-order chi connectivity index (χ0) is 13.1. The van der Waals surface area contributed by atoms with Crippen LogP contribution in [0.25, 0.3) is 0 Å². The Bertz CT molecular complexity index is 447. The standard InChI is InChI=1S/C9H10BrF3N2OS/c1-5-7(10)8(17)15-6(14-5)2-3-16-4-9(11,12)13/h2-4H2,1H3,(H,14,15,17). The van der Waals surface area contributed by atoms with Crippen molar-refractivity contribution in [2.45, 2.75) is 19.5 Å². The Balaban J connectivity index is 2.51. The van der Waals surface area contributed by atoms with Crippen molar-refractivity contribution < 1.29 is 17.9 Å². The van der Waals surface area contributed by atoms with Gasteiger partial charge in [-0.2, -0.15) is 13.2 Å². The number of nitrogens with one attached hydrogen (secondary N) is 1. The molecule has 0 aliphatic carbocycles. The van der Waals surface area contributed by atoms with E-state index in [1.54, 1.807) is 6.92 Å². The molecule has 0 unspecified atom stereocenters. The number of alkyl halides is 3. The lowest BCUT2D eigenvalue weighted by atomic mass is 10.4. The highest BCUT2D eigenvalue weighted by atomic mass is 79.9. The summed E-state index contributed by atoms with van der Waals surface area (Å²) in [7, 11) is 0. The molecule has 8 heteroatoms. The number of ether oxygens (including phenoxy) is 1. The van der Waals surface area contributed by atoms with Crippen molar-refractivity contribution in [2.24, 2.45) is 0 Å². The van der Waals surface area contributed by atoms with Gasteiger partial charge in [0.15, 0.2) is 0 Å². The Morgan fingerprint density at radius 2 is 2.12 bits per heavy atom. The fourth-order valence-corrected chi connectivity index (χ4v) is 1.56. The second-order valence-corrected chi connectivity index (χ2v) is 4.53. The minimum absolute atomic E-state index is 0.0567. The second kappa shape index (κ2) is 5.92. The monoisotopic (exact) mass is 330 g/mol. The van der Waals surface area contributed by atoms with Crippen LogP contribution in [0.2, 0.25) is 0 Å². The highest BCUT2D eigenvalue weighted by Crippen LogP contribution is 2.16. The maximum atomic E-state index is 11.8. The molecule has 0 radical (unpaired) electrons. The van der Waals surface area contributed by atoms with Crippen LogP contribution in [-0.2, 0) is 11.2 Å². The number of aryl methyl sites for hydroxylation is 1. The molecule has 0 saturated carbocycles. The summed E-state index contributed by atoms with van der Waals surface area (Å²) in [4.78, 5) is 6.95. The first-order valence-electron chi connectivity index (χ1n) is 4.69. The van der Waals surface area contributed by atoms with Crippen molar-refractivity contribution in [3.05, 3.63) is 20.6 Å². The SMILES string of the molecule is Cc1[nH]c(CCOCC(F)(F)F)nc(=S)c1Br. The third-order valence-corrected chi connectivity index (χ3v) is 3.36. The average molecular weight is 331 g/mol. The Hall–Kier alpha value is -0.470. The van der Waals surface area contributed by atoms with E-state index in [9.17, 15) is 13.2 Å². The average Bonchev–Trinajstić information content (AvgIpc) is 2.19. The number of aromatic nitrogens is 2. The van der Waals surface area contributed by atoms with Crippen LogP contribution in [0.4, 0.5) is 13.2 Å². The zero-order valence-corrected chi connectivity index (χ0v) is 11.3. The van der Waals surface area contributed by atoms with Gasteiger partial charge in [0.1, 0.15) is 17.1 Å². The number of halogens is 4. The molecular formula is C9H10BrF3N2OS. The molecular weight excluding hydrogens is 321 g/mol. The van der Waals surface area contributed by atoms with E-state index in [0.717, 1.165) is 5.69 Å². The van der Waals surface area contributed by atoms with Gasteiger partial charge in [-0.1, -0.05) is 12.2 Å². The number of hydrogen-bond acceptors (Lipinski definition) is 3. The van der Waals surface area contributed by atoms with Gasteiger partial charge in [0, 0.05) is 12.1 Å². The fraction of sp³-hybridized carbons (Fsp3) is 0.556. The van der Waals surface area contributed by atoms with E-state index in [1.807, 2.05) is 0 Å². The topological polar surface area (TPSA) is 37.9 Å². The molecule has 0 fully saturated rings. The molecule has 0 saturated heterocycles. The van der Waals surface area contributed by atoms with Crippen LogP contribution in [0.3, 0.4) is 0 Å². The third-order valence-electron chi connectivity index (χ3n) is 1.83. The second-order valence-electron chi connectivity index (χ2n) is 3.35. The summed E-state index contributed by atoms with van der Waals surface area (Å²) >= 11 is 8.21. The van der Waals surface area contributed by atoms with E-state index in [4.69, 9.17) is 12.2 Å². The van der Waals surface area contributed by atoms with Crippen molar-refractivity contribution >= 4 is 28.1 Å². The van der Waals surface area contributed by atoms with Crippen molar-refractivity contribution in [3.8, 4) is 0 Å². The molecule has 3 nitrogen and oxygen atoms in total. The van der Waals surface area contributed by atoms with Crippen molar-refractivity contribution in [1.29, 1.82) is 0 Å². The van der Waals surface area contributed by atoms with Gasteiger partial charge in [-0.3, -0.25) is 0 Å². The van der Waals surface area contributed by atoms with Crippen molar-refractivity contribution in [3.63, 3.8) is 0 Å². The van der Waals surface area contributed by atoms with Crippen LogP contribution in [0, 0.1) is 11.6 Å². The van der Waals surface area contributed by atoms with Crippen LogP contribution >= 0.6 is 28.1 Å². The summed E-state index contributed by atoms with van der Waals surface area (Å²) in [5, 5.41) is 0. The first-order chi connectivity index (χ1) is 7.79. The van der Waals surface area contributed by atoms with E-state index < -0.39 is 12.8 Å². The summed E-state index contributed by atoms with van der Waals surface area (Å²) in [6.45, 7) is 0.490. The molecule has 0 aliphatic heterocycles. The Kier molecular flexibility index (Phi) is 5.08. The number of aromatic amines is 1. The molecule has 1 heterocycles. The highest BCUT2D eigenvalue weighted by Gasteiger charge is 2.27. The first-order valence-corrected chi connectivity index (χ1v) is 5.89. The third kappa shape index (κ3) is 5.13. The number of rotatable bonds is 4. The lowest BCUT2D eigenvalue weighted by Crippen LogP contribution is -2.18. The van der Waals surface area contributed by atoms with Crippen LogP contribution in [0.1, 0.15) is 11.5 Å². The Morgan fingerprint density at radius 1 is 1.47 bits per heavy atom. The molecule has 0 aromatic carbocycles. The van der Waals surface area contributed by atoms with Crippen LogP contribution in [-0.4, -0.2) is 29.4 Å². The lowest BCUT2D eigenvalue weighted by Gasteiger charge is -2.08. The molecule has 1 aromatic rings. The molecule has 1 N–H and O–H groups in total. The molecule has 96 valence electrons. The van der Waals surface area contributed by atoms with Crippen LogP contribution in [0.15, 0.2) is 4.47 Å². The van der Waals surface area contributed by atoms with Gasteiger partial charge in [-0.15, -0.1) is 0 Å². The largest absolute Gasteiger partial charge is 0.411 e. The van der Waals surface area contributed by atoms with E-state index in [-0.39, 0.29) is 13.0 Å². The van der Waals surface area contributed by atoms with E-state index >= 15 is 0 Å². The maximum absolute atomic E-state index is 11.8. The normalized spacial score (nSPS) is 11.8. The molecule has 0 spiro atoms. The summed E-state index contributed by atoms with van der Waals surface area (Å²) in [6, 6.07) is 0. The highest BCUT2D eigenvalue weighted by molar-refractivity contribution is 9.10. The molecule has 17 heavy (non-hydrogen) atoms. The van der Waals surface area contributed by atoms with Gasteiger partial charge in [-0.05, 0) is 22.9 Å². The summed E-state index contributed by atoms with van der Waals surface area (Å²) in [5.74, 6) is 0.512. The smallest absolute Gasteiger partial charge is 0.372 e. The van der Waals surface area contributed by atoms with Gasteiger partial charge >= 0.3 is 6.18 Å². The summed E-state index contributed by atoms with van der Waals surface area (Å²) < 4.78 is 40.9. The lowest BCUT2D eigenvalue weighted by molar-refractivity contribution is -0.173. The van der Waals surface area contributed by atoms with Crippen LogP contribution < -0.4 is 0 Å². The molecule has 0 atom stereocenters. The number of H-pyrrole nitrogens is 1. The predicted octanol–water partition coefficient (Wildman–Crippen LogP) is 3.33. The van der Waals surface area contributed by atoms with Gasteiger partial charge in [0.2, 0.25) is 0 Å². The minimum Gasteiger partial charge on any atom is -0.372 e. The van der Waals surface area contributed by atoms with E-state index in [1.165, 1.54) is 0 Å². The predicted molar refractivity (Wildman–Crippen MR) is 62.4 cm³/mol. The first kappa shape index (κ1) is 14.6. The molecule has 1 aromatic heterocycles. The zero-order valence-electron chi connectivity index (χ0n) is 8.90.